The van der Waals surface area contributed by atoms with Gasteiger partial charge in [-0.2, -0.15) is 0 Å². The number of thioether (sulfide) groups is 1. The molecule has 4 rings (SSSR count). The molecule has 1 heterocycles. The summed E-state index contributed by atoms with van der Waals surface area (Å²) in [6.07, 6.45) is 0. The molecule has 0 aliphatic rings. The summed E-state index contributed by atoms with van der Waals surface area (Å²) in [4.78, 5) is 18.6. The third-order valence-electron chi connectivity index (χ3n) is 4.27. The van der Waals surface area contributed by atoms with Crippen LogP contribution >= 0.6 is 11.8 Å². The van der Waals surface area contributed by atoms with Crippen LogP contribution in [-0.4, -0.2) is 25.3 Å². The maximum absolute atomic E-state index is 13.1. The van der Waals surface area contributed by atoms with E-state index in [4.69, 9.17) is 4.98 Å². The fourth-order valence-corrected chi connectivity index (χ4v) is 5.21. The van der Waals surface area contributed by atoms with E-state index in [9.17, 15) is 9.00 Å². The van der Waals surface area contributed by atoms with E-state index in [1.807, 2.05) is 78.9 Å². The molecule has 0 aliphatic carbocycles. The zero-order chi connectivity index (χ0) is 19.3. The predicted octanol–water partition coefficient (Wildman–Crippen LogP) is 4.29. The minimum Gasteiger partial charge on any atom is -0.268 e. The average Bonchev–Trinajstić information content (AvgIpc) is 2.75. The molecule has 140 valence electrons. The third kappa shape index (κ3) is 3.93. The summed E-state index contributed by atoms with van der Waals surface area (Å²) in [7, 11) is -1.08. The summed E-state index contributed by atoms with van der Waals surface area (Å²) in [6, 6.07) is 26.3. The van der Waals surface area contributed by atoms with Gasteiger partial charge in [-0.15, -0.1) is 0 Å². The van der Waals surface area contributed by atoms with Gasteiger partial charge in [0, 0.05) is 16.4 Å². The van der Waals surface area contributed by atoms with Gasteiger partial charge >= 0.3 is 0 Å². The number of aromatic nitrogens is 2. The molecule has 1 unspecified atom stereocenters. The number of hydrogen-bond donors (Lipinski definition) is 0. The SMILES string of the molecule is O=c1c2ccccc2nc(SCCS(=O)c2ccccc2)n1-c1ccccc1. The van der Waals surface area contributed by atoms with E-state index in [1.165, 1.54) is 11.8 Å². The van der Waals surface area contributed by atoms with Crippen molar-refractivity contribution in [2.45, 2.75) is 10.1 Å². The van der Waals surface area contributed by atoms with Crippen molar-refractivity contribution in [3.05, 3.63) is 95.3 Å². The molecule has 3 aromatic carbocycles. The first-order valence-electron chi connectivity index (χ1n) is 8.87. The lowest BCUT2D eigenvalue weighted by Crippen LogP contribution is -2.22. The Balaban J connectivity index is 1.66. The first-order valence-corrected chi connectivity index (χ1v) is 11.2. The van der Waals surface area contributed by atoms with E-state index >= 15 is 0 Å². The van der Waals surface area contributed by atoms with Gasteiger partial charge in [0.15, 0.2) is 5.16 Å². The fraction of sp³-hybridized carbons (Fsp3) is 0.0909. The maximum atomic E-state index is 13.1. The van der Waals surface area contributed by atoms with Gasteiger partial charge in [-0.1, -0.05) is 60.3 Å². The first-order chi connectivity index (χ1) is 13.7. The highest BCUT2D eigenvalue weighted by atomic mass is 32.2. The van der Waals surface area contributed by atoms with E-state index in [-0.39, 0.29) is 5.56 Å². The van der Waals surface area contributed by atoms with Crippen molar-refractivity contribution < 1.29 is 4.21 Å². The Morgan fingerprint density at radius 3 is 2.25 bits per heavy atom. The zero-order valence-corrected chi connectivity index (χ0v) is 16.7. The molecular weight excluding hydrogens is 388 g/mol. The molecule has 0 saturated carbocycles. The zero-order valence-electron chi connectivity index (χ0n) is 15.0. The molecule has 0 fully saturated rings. The largest absolute Gasteiger partial charge is 0.268 e. The molecule has 0 radical (unpaired) electrons. The van der Waals surface area contributed by atoms with E-state index in [1.54, 1.807) is 10.6 Å². The summed E-state index contributed by atoms with van der Waals surface area (Å²) < 4.78 is 14.1. The highest BCUT2D eigenvalue weighted by Crippen LogP contribution is 2.22. The lowest BCUT2D eigenvalue weighted by Gasteiger charge is -2.13. The van der Waals surface area contributed by atoms with E-state index in [0.717, 1.165) is 10.6 Å². The second kappa shape index (κ2) is 8.54. The molecule has 0 saturated heterocycles. The van der Waals surface area contributed by atoms with E-state index in [2.05, 4.69) is 0 Å². The number of fused-ring (bicyclic) bond motifs is 1. The minimum absolute atomic E-state index is 0.0940. The molecule has 28 heavy (non-hydrogen) atoms. The first kappa shape index (κ1) is 18.7. The van der Waals surface area contributed by atoms with Crippen LogP contribution in [0.25, 0.3) is 16.6 Å². The second-order valence-electron chi connectivity index (χ2n) is 6.10. The van der Waals surface area contributed by atoms with Gasteiger partial charge in [0.05, 0.1) is 27.4 Å². The van der Waals surface area contributed by atoms with Gasteiger partial charge in [0.2, 0.25) is 0 Å². The van der Waals surface area contributed by atoms with Gasteiger partial charge in [0.1, 0.15) is 0 Å². The lowest BCUT2D eigenvalue weighted by molar-refractivity contribution is 0.684. The van der Waals surface area contributed by atoms with Crippen LogP contribution in [-0.2, 0) is 10.8 Å². The number of rotatable bonds is 6. The number of benzene rings is 3. The molecule has 1 atom stereocenters. The van der Waals surface area contributed by atoms with Crippen molar-refractivity contribution >= 4 is 33.5 Å². The molecule has 0 spiro atoms. The monoisotopic (exact) mass is 406 g/mol. The van der Waals surface area contributed by atoms with Crippen LogP contribution in [0.2, 0.25) is 0 Å². The quantitative estimate of drug-likeness (QED) is 0.354. The molecule has 1 aromatic heterocycles. The van der Waals surface area contributed by atoms with Crippen molar-refractivity contribution in [3.63, 3.8) is 0 Å². The normalized spacial score (nSPS) is 12.1. The summed E-state index contributed by atoms with van der Waals surface area (Å²) in [5, 5.41) is 1.20. The summed E-state index contributed by atoms with van der Waals surface area (Å²) in [6.45, 7) is 0. The van der Waals surface area contributed by atoms with Crippen molar-refractivity contribution in [3.8, 4) is 5.69 Å². The molecule has 4 nitrogen and oxygen atoms in total. The summed E-state index contributed by atoms with van der Waals surface area (Å²) in [5.41, 5.74) is 1.35. The van der Waals surface area contributed by atoms with E-state index in [0.29, 0.717) is 27.6 Å². The highest BCUT2D eigenvalue weighted by Gasteiger charge is 2.13. The Hall–Kier alpha value is -2.70. The summed E-state index contributed by atoms with van der Waals surface area (Å²) in [5.74, 6) is 1.09. The number of nitrogens with zero attached hydrogens (tertiary/aromatic N) is 2. The highest BCUT2D eigenvalue weighted by molar-refractivity contribution is 8.00. The predicted molar refractivity (Wildman–Crippen MR) is 116 cm³/mol. The molecule has 0 amide bonds. The van der Waals surface area contributed by atoms with Gasteiger partial charge in [0.25, 0.3) is 5.56 Å². The van der Waals surface area contributed by atoms with Crippen LogP contribution in [0.3, 0.4) is 0 Å². The molecule has 0 bridgehead atoms. The van der Waals surface area contributed by atoms with Crippen molar-refractivity contribution in [1.82, 2.24) is 9.55 Å². The van der Waals surface area contributed by atoms with Crippen molar-refractivity contribution in [2.75, 3.05) is 11.5 Å². The fourth-order valence-electron chi connectivity index (χ4n) is 2.91. The Morgan fingerprint density at radius 1 is 0.857 bits per heavy atom. The molecule has 0 N–H and O–H groups in total. The van der Waals surface area contributed by atoms with Gasteiger partial charge < -0.3 is 0 Å². The Labute approximate surface area is 169 Å². The maximum Gasteiger partial charge on any atom is 0.266 e. The number of hydrogen-bond acceptors (Lipinski definition) is 4. The van der Waals surface area contributed by atoms with Crippen LogP contribution in [0.15, 0.2) is 99.8 Å². The van der Waals surface area contributed by atoms with Crippen LogP contribution in [0.1, 0.15) is 0 Å². The molecule has 6 heteroatoms. The van der Waals surface area contributed by atoms with Gasteiger partial charge in [-0.25, -0.2) is 4.98 Å². The Bertz CT molecular complexity index is 1180. The van der Waals surface area contributed by atoms with Crippen LogP contribution in [0.5, 0.6) is 0 Å². The van der Waals surface area contributed by atoms with Gasteiger partial charge in [-0.3, -0.25) is 13.6 Å². The van der Waals surface area contributed by atoms with E-state index < -0.39 is 10.8 Å². The Kier molecular flexibility index (Phi) is 5.69. The third-order valence-corrected chi connectivity index (χ3v) is 6.84. The summed E-state index contributed by atoms with van der Waals surface area (Å²) >= 11 is 1.45. The Morgan fingerprint density at radius 2 is 1.50 bits per heavy atom. The standard InChI is InChI=1S/C22H18N2O2S2/c25-21-19-13-7-8-14-20(19)23-22(24(21)17-9-3-1-4-10-17)27-15-16-28(26)18-11-5-2-6-12-18/h1-14H,15-16H2. The van der Waals surface area contributed by atoms with Crippen molar-refractivity contribution in [2.24, 2.45) is 0 Å². The number of para-hydroxylation sites is 2. The van der Waals surface area contributed by atoms with Crippen LogP contribution < -0.4 is 5.56 Å². The minimum atomic E-state index is -1.08. The smallest absolute Gasteiger partial charge is 0.266 e. The molecular formula is C22H18N2O2S2. The average molecular weight is 407 g/mol. The molecule has 0 aliphatic heterocycles. The van der Waals surface area contributed by atoms with Crippen LogP contribution in [0.4, 0.5) is 0 Å². The second-order valence-corrected chi connectivity index (χ2v) is 8.73. The molecule has 4 aromatic rings. The topological polar surface area (TPSA) is 52.0 Å². The van der Waals surface area contributed by atoms with Crippen molar-refractivity contribution in [1.29, 1.82) is 0 Å². The van der Waals surface area contributed by atoms with Gasteiger partial charge in [-0.05, 0) is 36.4 Å². The lowest BCUT2D eigenvalue weighted by atomic mass is 10.2. The van der Waals surface area contributed by atoms with Crippen LogP contribution in [0, 0.1) is 0 Å².